The van der Waals surface area contributed by atoms with Crippen molar-refractivity contribution in [2.45, 2.75) is 44.7 Å². The number of hydrogen-bond acceptors (Lipinski definition) is 3. The first-order valence-corrected chi connectivity index (χ1v) is 7.25. The van der Waals surface area contributed by atoms with E-state index in [1.54, 1.807) is 4.68 Å². The summed E-state index contributed by atoms with van der Waals surface area (Å²) in [6.07, 6.45) is 6.20. The Bertz CT molecular complexity index is 482. The lowest BCUT2D eigenvalue weighted by Gasteiger charge is -2.24. The molecule has 3 rings (SSSR count). The molecule has 0 spiro atoms. The molecule has 0 saturated carbocycles. The predicted molar refractivity (Wildman–Crippen MR) is 73.1 cm³/mol. The van der Waals surface area contributed by atoms with Gasteiger partial charge in [-0.25, -0.2) is 0 Å². The molecule has 104 valence electrons. The Labute approximate surface area is 114 Å². The smallest absolute Gasteiger partial charge is 0.257 e. The van der Waals surface area contributed by atoms with Gasteiger partial charge in [0.2, 0.25) is 0 Å². The summed E-state index contributed by atoms with van der Waals surface area (Å²) in [5, 5.41) is 7.98. The molecule has 5 nitrogen and oxygen atoms in total. The maximum absolute atomic E-state index is 12.7. The van der Waals surface area contributed by atoms with E-state index in [9.17, 15) is 4.79 Å². The number of amides is 1. The molecule has 3 heterocycles. The number of carbonyl (C=O) groups is 1. The van der Waals surface area contributed by atoms with E-state index in [1.165, 1.54) is 12.8 Å². The molecule has 2 atom stereocenters. The average Bonchev–Trinajstić information content (AvgIpc) is 2.91. The van der Waals surface area contributed by atoms with Crippen molar-refractivity contribution in [1.82, 2.24) is 20.0 Å². The first-order valence-electron chi connectivity index (χ1n) is 7.25. The van der Waals surface area contributed by atoms with Gasteiger partial charge >= 0.3 is 0 Å². The third-order valence-corrected chi connectivity index (χ3v) is 4.28. The third-order valence-electron chi connectivity index (χ3n) is 4.28. The second-order valence-electron chi connectivity index (χ2n) is 5.69. The fraction of sp³-hybridized carbons (Fsp3) is 0.714. The van der Waals surface area contributed by atoms with Crippen LogP contribution >= 0.6 is 0 Å². The summed E-state index contributed by atoms with van der Waals surface area (Å²) < 4.78 is 1.74. The number of likely N-dealkylation sites (tertiary alicyclic amines) is 1. The predicted octanol–water partition coefficient (Wildman–Crippen LogP) is 0.949. The zero-order chi connectivity index (χ0) is 13.4. The minimum atomic E-state index is 0.152. The van der Waals surface area contributed by atoms with Gasteiger partial charge in [-0.2, -0.15) is 5.10 Å². The maximum Gasteiger partial charge on any atom is 0.257 e. The molecule has 19 heavy (non-hydrogen) atoms. The number of aromatic nitrogens is 2. The number of nitrogens with one attached hydrogen (secondary N) is 1. The molecule has 1 N–H and O–H groups in total. The van der Waals surface area contributed by atoms with Gasteiger partial charge in [-0.15, -0.1) is 0 Å². The second kappa shape index (κ2) is 4.96. The summed E-state index contributed by atoms with van der Waals surface area (Å²) >= 11 is 0. The second-order valence-corrected chi connectivity index (χ2v) is 5.69. The van der Waals surface area contributed by atoms with Crippen molar-refractivity contribution in [3.63, 3.8) is 0 Å². The maximum atomic E-state index is 12.7. The van der Waals surface area contributed by atoms with Crippen LogP contribution in [-0.2, 0) is 13.5 Å². The molecule has 2 bridgehead atoms. The molecule has 5 heteroatoms. The van der Waals surface area contributed by atoms with E-state index < -0.39 is 0 Å². The highest BCUT2D eigenvalue weighted by Gasteiger charge is 2.32. The monoisotopic (exact) mass is 262 g/mol. The number of fused-ring (bicyclic) bond motifs is 2. The Kier molecular flexibility index (Phi) is 3.31. The summed E-state index contributed by atoms with van der Waals surface area (Å²) in [5.41, 5.74) is 1.69. The zero-order valence-electron chi connectivity index (χ0n) is 11.7. The van der Waals surface area contributed by atoms with Gasteiger partial charge in [-0.1, -0.05) is 6.92 Å². The lowest BCUT2D eigenvalue weighted by atomic mass is 10.1. The molecule has 1 amide bonds. The van der Waals surface area contributed by atoms with E-state index in [2.05, 4.69) is 10.4 Å². The fourth-order valence-electron chi connectivity index (χ4n) is 3.27. The number of hydrogen-bond donors (Lipinski definition) is 1. The van der Waals surface area contributed by atoms with Crippen molar-refractivity contribution >= 4 is 5.91 Å². The zero-order valence-corrected chi connectivity index (χ0v) is 11.7. The number of nitrogens with zero attached hydrogens (tertiary/aromatic N) is 3. The van der Waals surface area contributed by atoms with E-state index in [-0.39, 0.29) is 5.91 Å². The standard InChI is InChI=1S/C14H22N4O/c1-3-13-12(9-17(2)16-13)14(19)18-7-6-10-4-5-11(8-18)15-10/h9-11,15H,3-8H2,1-2H3. The quantitative estimate of drug-likeness (QED) is 0.863. The van der Waals surface area contributed by atoms with Gasteiger partial charge in [0, 0.05) is 38.4 Å². The number of aryl methyl sites for hydroxylation is 2. The molecular weight excluding hydrogens is 240 g/mol. The lowest BCUT2D eigenvalue weighted by molar-refractivity contribution is 0.0747. The highest BCUT2D eigenvalue weighted by molar-refractivity contribution is 5.95. The molecule has 0 radical (unpaired) electrons. The molecule has 0 aromatic carbocycles. The van der Waals surface area contributed by atoms with E-state index in [0.29, 0.717) is 12.1 Å². The summed E-state index contributed by atoms with van der Waals surface area (Å²) in [6, 6.07) is 1.10. The Morgan fingerprint density at radius 2 is 2.21 bits per heavy atom. The van der Waals surface area contributed by atoms with Crippen LogP contribution in [-0.4, -0.2) is 45.8 Å². The van der Waals surface area contributed by atoms with Gasteiger partial charge in [-0.05, 0) is 25.7 Å². The van der Waals surface area contributed by atoms with Crippen LogP contribution in [0.4, 0.5) is 0 Å². The molecule has 2 aliphatic rings. The first kappa shape index (κ1) is 12.7. The van der Waals surface area contributed by atoms with Gasteiger partial charge in [0.25, 0.3) is 5.91 Å². The fourth-order valence-corrected chi connectivity index (χ4v) is 3.27. The SMILES string of the molecule is CCc1nn(C)cc1C(=O)N1CCC2CCC(C1)N2. The van der Waals surface area contributed by atoms with Crippen LogP contribution in [0.1, 0.15) is 42.2 Å². The van der Waals surface area contributed by atoms with E-state index in [4.69, 9.17) is 0 Å². The van der Waals surface area contributed by atoms with Crippen molar-refractivity contribution in [2.24, 2.45) is 7.05 Å². The minimum absolute atomic E-state index is 0.152. The average molecular weight is 262 g/mol. The number of carbonyl (C=O) groups excluding carboxylic acids is 1. The van der Waals surface area contributed by atoms with Gasteiger partial charge in [-0.3, -0.25) is 9.48 Å². The van der Waals surface area contributed by atoms with Crippen LogP contribution in [0.5, 0.6) is 0 Å². The number of rotatable bonds is 2. The van der Waals surface area contributed by atoms with Crippen LogP contribution in [0.3, 0.4) is 0 Å². The summed E-state index contributed by atoms with van der Waals surface area (Å²) in [4.78, 5) is 14.7. The molecule has 0 aliphatic carbocycles. The van der Waals surface area contributed by atoms with Crippen LogP contribution < -0.4 is 5.32 Å². The van der Waals surface area contributed by atoms with Crippen molar-refractivity contribution < 1.29 is 4.79 Å². The highest BCUT2D eigenvalue weighted by Crippen LogP contribution is 2.22. The molecule has 2 aliphatic heterocycles. The van der Waals surface area contributed by atoms with E-state index in [1.807, 2.05) is 25.1 Å². The Morgan fingerprint density at radius 3 is 3.00 bits per heavy atom. The van der Waals surface area contributed by atoms with Crippen molar-refractivity contribution in [2.75, 3.05) is 13.1 Å². The molecule has 1 aromatic heterocycles. The Balaban J connectivity index is 1.79. The molecule has 1 aromatic rings. The molecule has 2 unspecified atom stereocenters. The lowest BCUT2D eigenvalue weighted by Crippen LogP contribution is -2.39. The topological polar surface area (TPSA) is 50.2 Å². The van der Waals surface area contributed by atoms with Gasteiger partial charge in [0.05, 0.1) is 11.3 Å². The third kappa shape index (κ3) is 2.39. The molecular formula is C14H22N4O. The van der Waals surface area contributed by atoms with Crippen LogP contribution in [0.15, 0.2) is 6.20 Å². The van der Waals surface area contributed by atoms with Gasteiger partial charge in [0.15, 0.2) is 0 Å². The van der Waals surface area contributed by atoms with Crippen LogP contribution in [0.25, 0.3) is 0 Å². The Morgan fingerprint density at radius 1 is 1.42 bits per heavy atom. The highest BCUT2D eigenvalue weighted by atomic mass is 16.2. The van der Waals surface area contributed by atoms with Crippen molar-refractivity contribution in [1.29, 1.82) is 0 Å². The summed E-state index contributed by atoms with van der Waals surface area (Å²) in [7, 11) is 1.88. The van der Waals surface area contributed by atoms with E-state index >= 15 is 0 Å². The largest absolute Gasteiger partial charge is 0.337 e. The minimum Gasteiger partial charge on any atom is -0.337 e. The summed E-state index contributed by atoms with van der Waals surface area (Å²) in [6.45, 7) is 3.75. The Hall–Kier alpha value is -1.36. The van der Waals surface area contributed by atoms with E-state index in [0.717, 1.165) is 37.2 Å². The van der Waals surface area contributed by atoms with Crippen molar-refractivity contribution in [3.05, 3.63) is 17.5 Å². The van der Waals surface area contributed by atoms with Crippen LogP contribution in [0.2, 0.25) is 0 Å². The first-order chi connectivity index (χ1) is 9.17. The normalized spacial score (nSPS) is 26.5. The molecule has 2 fully saturated rings. The van der Waals surface area contributed by atoms with Gasteiger partial charge < -0.3 is 10.2 Å². The van der Waals surface area contributed by atoms with Crippen LogP contribution in [0, 0.1) is 0 Å². The molecule has 2 saturated heterocycles. The summed E-state index contributed by atoms with van der Waals surface area (Å²) in [5.74, 6) is 0.152. The van der Waals surface area contributed by atoms with Gasteiger partial charge in [0.1, 0.15) is 0 Å². The van der Waals surface area contributed by atoms with Crippen molar-refractivity contribution in [3.8, 4) is 0 Å².